The smallest absolute Gasteiger partial charge is 0.120 e. The van der Waals surface area contributed by atoms with Crippen LogP contribution in [-0.2, 0) is 14.3 Å². The van der Waals surface area contributed by atoms with E-state index in [1.807, 2.05) is 25.1 Å². The number of carbonyl (C=O) groups excluding carboxylic acids is 1. The number of methoxy groups -OCH3 is 2. The molecule has 0 N–H and O–H groups in total. The number of hydrogen-bond acceptors (Lipinski definition) is 3. The highest BCUT2D eigenvalue weighted by Gasteiger charge is 2.12. The monoisotopic (exact) mass is 236 g/mol. The Labute approximate surface area is 103 Å². The van der Waals surface area contributed by atoms with Crippen molar-refractivity contribution < 1.29 is 14.3 Å². The molecule has 0 aliphatic heterocycles. The van der Waals surface area contributed by atoms with Gasteiger partial charge in [0.25, 0.3) is 0 Å². The normalized spacial score (nSPS) is 14.3. The van der Waals surface area contributed by atoms with Gasteiger partial charge in [-0.3, -0.25) is 0 Å². The minimum Gasteiger partial charge on any atom is -0.382 e. The van der Waals surface area contributed by atoms with Crippen LogP contribution in [0.5, 0.6) is 0 Å². The number of aldehydes is 1. The van der Waals surface area contributed by atoms with Crippen molar-refractivity contribution >= 4 is 6.29 Å². The highest BCUT2D eigenvalue weighted by Crippen LogP contribution is 2.23. The minimum absolute atomic E-state index is 0.0524. The molecule has 0 spiro atoms. The zero-order valence-electron chi connectivity index (χ0n) is 10.7. The maximum Gasteiger partial charge on any atom is 0.120 e. The van der Waals surface area contributed by atoms with Gasteiger partial charge in [-0.15, -0.1) is 0 Å². The quantitative estimate of drug-likeness (QED) is 0.683. The molecule has 0 saturated heterocycles. The van der Waals surface area contributed by atoms with Crippen LogP contribution in [0.1, 0.15) is 36.5 Å². The molecule has 3 nitrogen and oxygen atoms in total. The van der Waals surface area contributed by atoms with E-state index in [4.69, 9.17) is 9.47 Å². The number of benzene rings is 1. The van der Waals surface area contributed by atoms with Crippen LogP contribution in [0.4, 0.5) is 0 Å². The van der Waals surface area contributed by atoms with E-state index in [0.29, 0.717) is 13.0 Å². The molecule has 94 valence electrons. The van der Waals surface area contributed by atoms with Crippen LogP contribution in [0.2, 0.25) is 0 Å². The maximum absolute atomic E-state index is 10.5. The lowest BCUT2D eigenvalue weighted by Crippen LogP contribution is -2.09. The van der Waals surface area contributed by atoms with Gasteiger partial charge in [-0.1, -0.05) is 31.2 Å². The molecule has 1 rings (SSSR count). The molecule has 3 heteroatoms. The first-order chi connectivity index (χ1) is 8.22. The lowest BCUT2D eigenvalue weighted by Gasteiger charge is -2.17. The van der Waals surface area contributed by atoms with Crippen molar-refractivity contribution in [2.45, 2.75) is 25.4 Å². The molecular formula is C14H20O3. The standard InChI is InChI=1S/C14H20O3/c1-11(7-8-15)12-5-4-6-13(9-12)14(17-3)10-16-2/h4-6,8-9,11,14H,7,10H2,1-3H3. The van der Waals surface area contributed by atoms with Crippen LogP contribution in [0.3, 0.4) is 0 Å². The van der Waals surface area contributed by atoms with E-state index in [0.717, 1.165) is 17.4 Å². The Morgan fingerprint density at radius 3 is 2.59 bits per heavy atom. The highest BCUT2D eigenvalue weighted by molar-refractivity contribution is 5.51. The predicted octanol–water partition coefficient (Wildman–Crippen LogP) is 2.71. The van der Waals surface area contributed by atoms with Crippen molar-refractivity contribution in [1.82, 2.24) is 0 Å². The van der Waals surface area contributed by atoms with Crippen LogP contribution in [-0.4, -0.2) is 27.1 Å². The topological polar surface area (TPSA) is 35.5 Å². The fraction of sp³-hybridized carbons (Fsp3) is 0.500. The Balaban J connectivity index is 2.86. The van der Waals surface area contributed by atoms with Crippen LogP contribution in [0.15, 0.2) is 24.3 Å². The Hall–Kier alpha value is -1.19. The van der Waals surface area contributed by atoms with Gasteiger partial charge in [-0.2, -0.15) is 0 Å². The van der Waals surface area contributed by atoms with Gasteiger partial charge >= 0.3 is 0 Å². The summed E-state index contributed by atoms with van der Waals surface area (Å²) in [6.45, 7) is 2.58. The lowest BCUT2D eigenvalue weighted by molar-refractivity contribution is -0.108. The lowest BCUT2D eigenvalue weighted by atomic mass is 9.95. The summed E-state index contributed by atoms with van der Waals surface area (Å²) in [5.74, 6) is 0.243. The molecule has 17 heavy (non-hydrogen) atoms. The summed E-state index contributed by atoms with van der Waals surface area (Å²) in [6, 6.07) is 8.14. The molecule has 0 aliphatic rings. The molecule has 0 saturated carbocycles. The van der Waals surface area contributed by atoms with Gasteiger partial charge in [0.1, 0.15) is 12.4 Å². The second-order valence-corrected chi connectivity index (χ2v) is 4.15. The van der Waals surface area contributed by atoms with E-state index in [2.05, 4.69) is 6.07 Å². The Morgan fingerprint density at radius 2 is 2.00 bits per heavy atom. The molecule has 1 aromatic carbocycles. The van der Waals surface area contributed by atoms with Crippen molar-refractivity contribution in [2.75, 3.05) is 20.8 Å². The number of carbonyl (C=O) groups is 1. The van der Waals surface area contributed by atoms with Gasteiger partial charge in [-0.25, -0.2) is 0 Å². The van der Waals surface area contributed by atoms with E-state index >= 15 is 0 Å². The number of ether oxygens (including phenoxy) is 2. The summed E-state index contributed by atoms with van der Waals surface area (Å²) in [7, 11) is 3.33. The highest BCUT2D eigenvalue weighted by atomic mass is 16.5. The van der Waals surface area contributed by atoms with Gasteiger partial charge in [0, 0.05) is 20.6 Å². The second kappa shape index (κ2) is 7.20. The van der Waals surface area contributed by atoms with Crippen molar-refractivity contribution in [3.05, 3.63) is 35.4 Å². The summed E-state index contributed by atoms with van der Waals surface area (Å²) >= 11 is 0. The summed E-state index contributed by atoms with van der Waals surface area (Å²) < 4.78 is 10.5. The third-order valence-corrected chi connectivity index (χ3v) is 2.90. The molecule has 0 aliphatic carbocycles. The third-order valence-electron chi connectivity index (χ3n) is 2.90. The van der Waals surface area contributed by atoms with Gasteiger partial charge in [-0.05, 0) is 17.0 Å². The molecule has 0 heterocycles. The van der Waals surface area contributed by atoms with Gasteiger partial charge in [0.2, 0.25) is 0 Å². The molecule has 0 fully saturated rings. The Kier molecular flexibility index (Phi) is 5.87. The van der Waals surface area contributed by atoms with E-state index in [-0.39, 0.29) is 12.0 Å². The van der Waals surface area contributed by atoms with Gasteiger partial charge in [0.15, 0.2) is 0 Å². The van der Waals surface area contributed by atoms with Crippen LogP contribution >= 0.6 is 0 Å². The van der Waals surface area contributed by atoms with Crippen molar-refractivity contribution in [3.8, 4) is 0 Å². The summed E-state index contributed by atoms with van der Waals surface area (Å²) in [4.78, 5) is 10.5. The van der Waals surface area contributed by atoms with Crippen LogP contribution < -0.4 is 0 Å². The number of hydrogen-bond donors (Lipinski definition) is 0. The van der Waals surface area contributed by atoms with E-state index in [1.54, 1.807) is 14.2 Å². The molecule has 0 radical (unpaired) electrons. The van der Waals surface area contributed by atoms with Gasteiger partial charge in [0.05, 0.1) is 6.61 Å². The van der Waals surface area contributed by atoms with Crippen molar-refractivity contribution in [2.24, 2.45) is 0 Å². The summed E-state index contributed by atoms with van der Waals surface area (Å²) in [5, 5.41) is 0. The SMILES string of the molecule is COCC(OC)c1cccc(C(C)CC=O)c1. The fourth-order valence-corrected chi connectivity index (χ4v) is 1.80. The Morgan fingerprint density at radius 1 is 1.29 bits per heavy atom. The zero-order chi connectivity index (χ0) is 12.7. The first-order valence-corrected chi connectivity index (χ1v) is 5.78. The maximum atomic E-state index is 10.5. The molecule has 1 aromatic rings. The van der Waals surface area contributed by atoms with Crippen molar-refractivity contribution in [1.29, 1.82) is 0 Å². The largest absolute Gasteiger partial charge is 0.382 e. The molecule has 0 bridgehead atoms. The first kappa shape index (κ1) is 13.9. The number of rotatable bonds is 7. The summed E-state index contributed by atoms with van der Waals surface area (Å²) in [6.07, 6.45) is 1.45. The third kappa shape index (κ3) is 3.95. The summed E-state index contributed by atoms with van der Waals surface area (Å²) in [5.41, 5.74) is 2.25. The van der Waals surface area contributed by atoms with Crippen LogP contribution in [0.25, 0.3) is 0 Å². The van der Waals surface area contributed by atoms with Crippen molar-refractivity contribution in [3.63, 3.8) is 0 Å². The first-order valence-electron chi connectivity index (χ1n) is 5.78. The van der Waals surface area contributed by atoms with Crippen LogP contribution in [0, 0.1) is 0 Å². The second-order valence-electron chi connectivity index (χ2n) is 4.15. The molecule has 0 amide bonds. The van der Waals surface area contributed by atoms with E-state index in [1.165, 1.54) is 0 Å². The van der Waals surface area contributed by atoms with E-state index in [9.17, 15) is 4.79 Å². The fourth-order valence-electron chi connectivity index (χ4n) is 1.80. The predicted molar refractivity (Wildman–Crippen MR) is 67.2 cm³/mol. The molecule has 2 unspecified atom stereocenters. The zero-order valence-corrected chi connectivity index (χ0v) is 10.7. The Bertz CT molecular complexity index is 349. The van der Waals surface area contributed by atoms with E-state index < -0.39 is 0 Å². The molecule has 0 aromatic heterocycles. The average molecular weight is 236 g/mol. The van der Waals surface area contributed by atoms with Gasteiger partial charge < -0.3 is 14.3 Å². The molecule has 2 atom stereocenters. The average Bonchev–Trinajstić information content (AvgIpc) is 2.36. The molecular weight excluding hydrogens is 216 g/mol. The minimum atomic E-state index is -0.0524.